The zero-order valence-electron chi connectivity index (χ0n) is 9.88. The molecule has 84 valence electrons. The van der Waals surface area contributed by atoms with Crippen molar-refractivity contribution in [2.45, 2.75) is 12.8 Å². The van der Waals surface area contributed by atoms with E-state index in [0.717, 1.165) is 26.1 Å². The van der Waals surface area contributed by atoms with Crippen molar-refractivity contribution >= 4 is 9.68 Å². The molecule has 0 aliphatic carbocycles. The molecule has 0 rings (SSSR count). The summed E-state index contributed by atoms with van der Waals surface area (Å²) in [5.41, 5.74) is 3.88. The van der Waals surface area contributed by atoms with Crippen LogP contribution in [0.5, 0.6) is 0 Å². The maximum atomic E-state index is 5.08. The molecule has 0 amide bonds. The second-order valence-corrected chi connectivity index (χ2v) is 5.65. The maximum Gasteiger partial charge on any atom is 0.119 e. The molecule has 0 aliphatic heterocycles. The molecule has 0 aromatic heterocycles. The van der Waals surface area contributed by atoms with Crippen molar-refractivity contribution in [2.75, 3.05) is 41.5 Å². The lowest BCUT2D eigenvalue weighted by molar-refractivity contribution is 0.188. The Kier molecular flexibility index (Phi) is 9.28. The highest BCUT2D eigenvalue weighted by Gasteiger charge is 1.98. The van der Waals surface area contributed by atoms with Gasteiger partial charge in [0.25, 0.3) is 0 Å². The van der Waals surface area contributed by atoms with Gasteiger partial charge in [-0.05, 0) is 26.9 Å². The third-order valence-electron chi connectivity index (χ3n) is 2.00. The predicted octanol–water partition coefficient (Wildman–Crippen LogP) is 0.589. The van der Waals surface area contributed by atoms with E-state index in [0.29, 0.717) is 0 Å². The van der Waals surface area contributed by atoms with Crippen LogP contribution in [0.1, 0.15) is 12.8 Å². The van der Waals surface area contributed by atoms with Crippen LogP contribution in [-0.2, 0) is 9.47 Å². The van der Waals surface area contributed by atoms with Gasteiger partial charge < -0.3 is 14.0 Å². The molecule has 0 unspecified atom stereocenters. The van der Waals surface area contributed by atoms with Crippen molar-refractivity contribution in [3.05, 3.63) is 11.3 Å². The molecule has 0 fully saturated rings. The quantitative estimate of drug-likeness (QED) is 0.556. The van der Waals surface area contributed by atoms with Crippen LogP contribution in [0.4, 0.5) is 0 Å². The Balaban J connectivity index is 3.87. The van der Waals surface area contributed by atoms with E-state index in [4.69, 9.17) is 9.47 Å². The van der Waals surface area contributed by atoms with Gasteiger partial charge in [-0.3, -0.25) is 0 Å². The molecule has 0 aromatic carbocycles. The Hall–Kier alpha value is -0.163. The van der Waals surface area contributed by atoms with Crippen LogP contribution in [0.15, 0.2) is 11.3 Å². The van der Waals surface area contributed by atoms with E-state index in [9.17, 15) is 0 Å². The Morgan fingerprint density at radius 2 is 1.64 bits per heavy atom. The maximum absolute atomic E-state index is 5.08. The molecule has 0 saturated heterocycles. The summed E-state index contributed by atoms with van der Waals surface area (Å²) in [6.45, 7) is 1.63. The number of hydrogen-bond donors (Lipinski definition) is 0. The van der Waals surface area contributed by atoms with Gasteiger partial charge >= 0.3 is 0 Å². The zero-order valence-corrected chi connectivity index (χ0v) is 11.3. The lowest BCUT2D eigenvalue weighted by atomic mass is 10.2. The first-order valence-electron chi connectivity index (χ1n) is 5.01. The highest BCUT2D eigenvalue weighted by molar-refractivity contribution is 6.38. The summed E-state index contributed by atoms with van der Waals surface area (Å²) >= 11 is 0. The summed E-state index contributed by atoms with van der Waals surface area (Å²) in [4.78, 5) is 0. The fraction of sp³-hybridized carbons (Fsp3) is 0.800. The van der Waals surface area contributed by atoms with Crippen LogP contribution < -0.4 is 0 Å². The smallest absolute Gasteiger partial charge is 0.119 e. The molecule has 0 heterocycles. The first-order chi connectivity index (χ1) is 6.70. The predicted molar refractivity (Wildman–Crippen MR) is 63.3 cm³/mol. The molecule has 0 N–H and O–H groups in total. The lowest BCUT2D eigenvalue weighted by Gasteiger charge is -2.09. The molecule has 0 bridgehead atoms. The molecule has 0 atom stereocenters. The third-order valence-corrected chi connectivity index (χ3v) is 3.49. The minimum Gasteiger partial charge on any atom is -0.384 e. The highest BCUT2D eigenvalue weighted by Crippen LogP contribution is 2.06. The van der Waals surface area contributed by atoms with Crippen LogP contribution >= 0.6 is 0 Å². The summed E-state index contributed by atoms with van der Waals surface area (Å²) < 4.78 is 12.4. The highest BCUT2D eigenvalue weighted by atomic mass is 28.2. The van der Waals surface area contributed by atoms with Gasteiger partial charge in [0.1, 0.15) is 9.68 Å². The lowest BCUT2D eigenvalue weighted by Crippen LogP contribution is -2.16. The number of hydrogen-bond acceptors (Lipinski definition) is 3. The Morgan fingerprint density at radius 1 is 1.14 bits per heavy atom. The van der Waals surface area contributed by atoms with Gasteiger partial charge in [0.05, 0.1) is 0 Å². The van der Waals surface area contributed by atoms with Gasteiger partial charge in [-0.25, -0.2) is 0 Å². The first kappa shape index (κ1) is 13.8. The van der Waals surface area contributed by atoms with Gasteiger partial charge in [-0.1, -0.05) is 11.3 Å². The summed E-state index contributed by atoms with van der Waals surface area (Å²) in [5.74, 6) is 0. The summed E-state index contributed by atoms with van der Waals surface area (Å²) in [7, 11) is 7.56. The minimum absolute atomic E-state index is 0.197. The van der Waals surface area contributed by atoms with Crippen LogP contribution in [0, 0.1) is 0 Å². The molecule has 0 saturated carbocycles. The largest absolute Gasteiger partial charge is 0.384 e. The average Bonchev–Trinajstić information content (AvgIpc) is 2.16. The molecule has 4 heteroatoms. The van der Waals surface area contributed by atoms with Gasteiger partial charge in [-0.15, -0.1) is 0 Å². The van der Waals surface area contributed by atoms with Gasteiger partial charge in [0.15, 0.2) is 0 Å². The second kappa shape index (κ2) is 9.39. The van der Waals surface area contributed by atoms with Crippen molar-refractivity contribution in [2.24, 2.45) is 0 Å². The van der Waals surface area contributed by atoms with Gasteiger partial charge in [0, 0.05) is 27.4 Å². The van der Waals surface area contributed by atoms with Gasteiger partial charge in [0.2, 0.25) is 0 Å². The van der Waals surface area contributed by atoms with Crippen LogP contribution in [-0.4, -0.2) is 55.8 Å². The Morgan fingerprint density at radius 3 is 2.00 bits per heavy atom. The van der Waals surface area contributed by atoms with Crippen LogP contribution in [0.2, 0.25) is 0 Å². The number of nitrogens with zero attached hydrogens (tertiary/aromatic N) is 1. The molecular formula is C10H23NO2Si. The molecule has 3 nitrogen and oxygen atoms in total. The molecule has 0 aromatic rings. The summed E-state index contributed by atoms with van der Waals surface area (Å²) in [5, 5.41) is 0. The fourth-order valence-electron chi connectivity index (χ4n) is 1.11. The van der Waals surface area contributed by atoms with E-state index in [-0.39, 0.29) is 9.68 Å². The summed E-state index contributed by atoms with van der Waals surface area (Å²) in [6.07, 6.45) is 2.08. The van der Waals surface area contributed by atoms with E-state index in [1.54, 1.807) is 14.2 Å². The molecular weight excluding hydrogens is 194 g/mol. The normalized spacial score (nSPS) is 11.5. The van der Waals surface area contributed by atoms with Crippen molar-refractivity contribution < 1.29 is 9.47 Å². The summed E-state index contributed by atoms with van der Waals surface area (Å²) in [6, 6.07) is 0. The average molecular weight is 217 g/mol. The fourth-order valence-corrected chi connectivity index (χ4v) is 2.14. The van der Waals surface area contributed by atoms with E-state index < -0.39 is 0 Å². The van der Waals surface area contributed by atoms with E-state index in [1.807, 2.05) is 0 Å². The topological polar surface area (TPSA) is 21.7 Å². The first-order valence-corrected chi connectivity index (χ1v) is 6.46. The van der Waals surface area contributed by atoms with Crippen molar-refractivity contribution in [1.29, 1.82) is 0 Å². The van der Waals surface area contributed by atoms with Gasteiger partial charge in [-0.2, -0.15) is 0 Å². The van der Waals surface area contributed by atoms with Crippen LogP contribution in [0.3, 0.4) is 0 Å². The molecule has 0 radical (unpaired) electrons. The van der Waals surface area contributed by atoms with E-state index in [2.05, 4.69) is 24.4 Å². The number of ether oxygens (including phenoxy) is 2. The standard InChI is InChI=1S/C10H23NO2Si/c1-11(2)14-9-10(5-7-12-3)6-8-13-4/h9H,5-8,14H2,1-4H3. The van der Waals surface area contributed by atoms with E-state index in [1.165, 1.54) is 5.57 Å². The monoisotopic (exact) mass is 217 g/mol. The Bertz CT molecular complexity index is 150. The zero-order chi connectivity index (χ0) is 10.8. The van der Waals surface area contributed by atoms with Crippen molar-refractivity contribution in [3.63, 3.8) is 0 Å². The molecule has 0 spiro atoms. The van der Waals surface area contributed by atoms with E-state index >= 15 is 0 Å². The minimum atomic E-state index is -0.197. The van der Waals surface area contributed by atoms with Crippen molar-refractivity contribution in [3.8, 4) is 0 Å². The SMILES string of the molecule is COCCC(=C[SiH2]N(C)C)CCOC. The molecule has 0 aliphatic rings. The Labute approximate surface area is 90.0 Å². The van der Waals surface area contributed by atoms with Crippen molar-refractivity contribution in [1.82, 2.24) is 4.57 Å². The second-order valence-electron chi connectivity index (χ2n) is 3.61. The number of methoxy groups -OCH3 is 2. The number of rotatable bonds is 8. The third kappa shape index (κ3) is 8.44. The van der Waals surface area contributed by atoms with Crippen LogP contribution in [0.25, 0.3) is 0 Å². The molecule has 14 heavy (non-hydrogen) atoms.